The van der Waals surface area contributed by atoms with Crippen molar-refractivity contribution in [3.63, 3.8) is 0 Å². The molecule has 2 aromatic rings. The van der Waals surface area contributed by atoms with Crippen LogP contribution in [0, 0.1) is 0 Å². The predicted octanol–water partition coefficient (Wildman–Crippen LogP) is 3.66. The van der Waals surface area contributed by atoms with Crippen LogP contribution in [-0.2, 0) is 13.1 Å². The zero-order chi connectivity index (χ0) is 14.5. The molecule has 0 aliphatic carbocycles. The standard InChI is InChI=1S/C18H21ClN2/c19-18-8-4-7-17(13-18)15-21-11-9-20(10-12-21)14-16-5-2-1-3-6-16/h1-8,13H,9-12,14-15H2. The fraction of sp³-hybridized carbons (Fsp3) is 0.333. The first kappa shape index (κ1) is 14.6. The van der Waals surface area contributed by atoms with E-state index < -0.39 is 0 Å². The molecule has 0 aromatic heterocycles. The van der Waals surface area contributed by atoms with Gasteiger partial charge in [-0.15, -0.1) is 0 Å². The van der Waals surface area contributed by atoms with Gasteiger partial charge in [0.1, 0.15) is 0 Å². The summed E-state index contributed by atoms with van der Waals surface area (Å²) in [5, 5.41) is 0.829. The Morgan fingerprint density at radius 1 is 0.714 bits per heavy atom. The molecule has 0 radical (unpaired) electrons. The number of nitrogens with zero attached hydrogens (tertiary/aromatic N) is 2. The maximum absolute atomic E-state index is 6.05. The summed E-state index contributed by atoms with van der Waals surface area (Å²) < 4.78 is 0. The van der Waals surface area contributed by atoms with Crippen LogP contribution in [0.1, 0.15) is 11.1 Å². The zero-order valence-electron chi connectivity index (χ0n) is 12.2. The zero-order valence-corrected chi connectivity index (χ0v) is 13.0. The molecule has 0 N–H and O–H groups in total. The highest BCUT2D eigenvalue weighted by atomic mass is 35.5. The molecule has 0 spiro atoms. The van der Waals surface area contributed by atoms with Gasteiger partial charge in [-0.3, -0.25) is 9.80 Å². The normalized spacial score (nSPS) is 17.0. The van der Waals surface area contributed by atoms with Gasteiger partial charge in [0.15, 0.2) is 0 Å². The van der Waals surface area contributed by atoms with Crippen molar-refractivity contribution >= 4 is 11.6 Å². The van der Waals surface area contributed by atoms with E-state index in [1.165, 1.54) is 11.1 Å². The van der Waals surface area contributed by atoms with Crippen molar-refractivity contribution in [2.45, 2.75) is 13.1 Å². The van der Waals surface area contributed by atoms with Gasteiger partial charge in [-0.25, -0.2) is 0 Å². The summed E-state index contributed by atoms with van der Waals surface area (Å²) in [6.45, 7) is 6.58. The average molecular weight is 301 g/mol. The molecule has 110 valence electrons. The van der Waals surface area contributed by atoms with Crippen LogP contribution in [0.4, 0.5) is 0 Å². The molecule has 0 amide bonds. The van der Waals surface area contributed by atoms with E-state index in [9.17, 15) is 0 Å². The molecule has 0 bridgehead atoms. The number of halogens is 1. The monoisotopic (exact) mass is 300 g/mol. The lowest BCUT2D eigenvalue weighted by Gasteiger charge is -2.34. The Morgan fingerprint density at radius 2 is 1.29 bits per heavy atom. The van der Waals surface area contributed by atoms with E-state index in [0.717, 1.165) is 44.3 Å². The molecule has 1 aliphatic rings. The molecule has 0 unspecified atom stereocenters. The van der Waals surface area contributed by atoms with E-state index in [4.69, 9.17) is 11.6 Å². The topological polar surface area (TPSA) is 6.48 Å². The Hall–Kier alpha value is -1.35. The number of rotatable bonds is 4. The highest BCUT2D eigenvalue weighted by Crippen LogP contribution is 2.14. The molecule has 21 heavy (non-hydrogen) atoms. The van der Waals surface area contributed by atoms with Gasteiger partial charge in [0.05, 0.1) is 0 Å². The molecule has 2 aromatic carbocycles. The fourth-order valence-electron chi connectivity index (χ4n) is 2.84. The first-order valence-electron chi connectivity index (χ1n) is 7.53. The second-order valence-electron chi connectivity index (χ2n) is 5.67. The van der Waals surface area contributed by atoms with E-state index in [0.29, 0.717) is 0 Å². The van der Waals surface area contributed by atoms with Crippen LogP contribution in [-0.4, -0.2) is 36.0 Å². The minimum atomic E-state index is 0.829. The summed E-state index contributed by atoms with van der Waals surface area (Å²) in [6.07, 6.45) is 0. The van der Waals surface area contributed by atoms with E-state index in [1.54, 1.807) is 0 Å². The Labute approximate surface area is 131 Å². The molecule has 1 saturated heterocycles. The van der Waals surface area contributed by atoms with Crippen molar-refractivity contribution < 1.29 is 0 Å². The molecule has 2 nitrogen and oxygen atoms in total. The largest absolute Gasteiger partial charge is 0.297 e. The maximum Gasteiger partial charge on any atom is 0.0409 e. The van der Waals surface area contributed by atoms with Crippen LogP contribution >= 0.6 is 11.6 Å². The summed E-state index contributed by atoms with van der Waals surface area (Å²) in [6, 6.07) is 18.9. The second kappa shape index (κ2) is 7.08. The number of hydrogen-bond acceptors (Lipinski definition) is 2. The number of benzene rings is 2. The summed E-state index contributed by atoms with van der Waals surface area (Å²) in [5.41, 5.74) is 2.71. The van der Waals surface area contributed by atoms with Crippen LogP contribution in [0.2, 0.25) is 5.02 Å². The molecular formula is C18H21ClN2. The van der Waals surface area contributed by atoms with Gasteiger partial charge < -0.3 is 0 Å². The smallest absolute Gasteiger partial charge is 0.0409 e. The summed E-state index contributed by atoms with van der Waals surface area (Å²) >= 11 is 6.05. The lowest BCUT2D eigenvalue weighted by molar-refractivity contribution is 0.122. The summed E-state index contributed by atoms with van der Waals surface area (Å²) in [5.74, 6) is 0. The van der Waals surface area contributed by atoms with Gasteiger partial charge in [0.2, 0.25) is 0 Å². The first-order chi connectivity index (χ1) is 10.3. The third-order valence-electron chi connectivity index (χ3n) is 4.01. The van der Waals surface area contributed by atoms with E-state index in [1.807, 2.05) is 12.1 Å². The first-order valence-corrected chi connectivity index (χ1v) is 7.90. The molecule has 1 aliphatic heterocycles. The van der Waals surface area contributed by atoms with Gasteiger partial charge in [-0.2, -0.15) is 0 Å². The van der Waals surface area contributed by atoms with Crippen LogP contribution in [0.15, 0.2) is 54.6 Å². The van der Waals surface area contributed by atoms with Crippen molar-refractivity contribution in [1.82, 2.24) is 9.80 Å². The molecule has 0 atom stereocenters. The third kappa shape index (κ3) is 4.31. The maximum atomic E-state index is 6.05. The van der Waals surface area contributed by atoms with E-state index in [2.05, 4.69) is 52.3 Å². The van der Waals surface area contributed by atoms with Crippen LogP contribution in [0.25, 0.3) is 0 Å². The van der Waals surface area contributed by atoms with Crippen LogP contribution < -0.4 is 0 Å². The summed E-state index contributed by atoms with van der Waals surface area (Å²) in [7, 11) is 0. The van der Waals surface area contributed by atoms with Gasteiger partial charge >= 0.3 is 0 Å². The SMILES string of the molecule is Clc1cccc(CN2CCN(Cc3ccccc3)CC2)c1. The van der Waals surface area contributed by atoms with Crippen LogP contribution in [0.5, 0.6) is 0 Å². The van der Waals surface area contributed by atoms with Crippen molar-refractivity contribution in [3.05, 3.63) is 70.7 Å². The Bertz CT molecular complexity index is 562. The lowest BCUT2D eigenvalue weighted by Crippen LogP contribution is -2.45. The number of hydrogen-bond donors (Lipinski definition) is 0. The molecule has 1 fully saturated rings. The fourth-order valence-corrected chi connectivity index (χ4v) is 3.05. The Kier molecular flexibility index (Phi) is 4.91. The van der Waals surface area contributed by atoms with Crippen molar-refractivity contribution in [1.29, 1.82) is 0 Å². The van der Waals surface area contributed by atoms with E-state index in [-0.39, 0.29) is 0 Å². The van der Waals surface area contributed by atoms with E-state index >= 15 is 0 Å². The highest BCUT2D eigenvalue weighted by Gasteiger charge is 2.16. The lowest BCUT2D eigenvalue weighted by atomic mass is 10.1. The Morgan fingerprint density at radius 3 is 1.90 bits per heavy atom. The molecule has 0 saturated carbocycles. The molecule has 1 heterocycles. The minimum absolute atomic E-state index is 0.829. The average Bonchev–Trinajstić information content (AvgIpc) is 2.50. The van der Waals surface area contributed by atoms with Gasteiger partial charge in [0, 0.05) is 44.3 Å². The number of piperazine rings is 1. The minimum Gasteiger partial charge on any atom is -0.297 e. The van der Waals surface area contributed by atoms with Crippen molar-refractivity contribution in [2.75, 3.05) is 26.2 Å². The predicted molar refractivity (Wildman–Crippen MR) is 88.4 cm³/mol. The van der Waals surface area contributed by atoms with Crippen molar-refractivity contribution in [2.24, 2.45) is 0 Å². The molecular weight excluding hydrogens is 280 g/mol. The van der Waals surface area contributed by atoms with Gasteiger partial charge in [-0.1, -0.05) is 54.1 Å². The third-order valence-corrected chi connectivity index (χ3v) is 4.24. The molecule has 3 heteroatoms. The quantitative estimate of drug-likeness (QED) is 0.850. The van der Waals surface area contributed by atoms with Crippen molar-refractivity contribution in [3.8, 4) is 0 Å². The van der Waals surface area contributed by atoms with Gasteiger partial charge in [0.25, 0.3) is 0 Å². The Balaban J connectivity index is 1.49. The highest BCUT2D eigenvalue weighted by molar-refractivity contribution is 6.30. The van der Waals surface area contributed by atoms with Gasteiger partial charge in [-0.05, 0) is 23.3 Å². The second-order valence-corrected chi connectivity index (χ2v) is 6.10. The van der Waals surface area contributed by atoms with Crippen LogP contribution in [0.3, 0.4) is 0 Å². The molecule has 3 rings (SSSR count). The summed E-state index contributed by atoms with van der Waals surface area (Å²) in [4.78, 5) is 5.04.